The Hall–Kier alpha value is -3.45. The molecule has 0 aliphatic rings. The zero-order valence-corrected chi connectivity index (χ0v) is 17.2. The minimum Gasteiger partial charge on any atom is -0.348 e. The van der Waals surface area contributed by atoms with E-state index in [0.29, 0.717) is 21.9 Å². The molecular formula is C22H19ClN4O3. The van der Waals surface area contributed by atoms with Gasteiger partial charge in [-0.25, -0.2) is 4.98 Å². The molecule has 0 spiro atoms. The molecule has 2 heterocycles. The molecule has 152 valence electrons. The summed E-state index contributed by atoms with van der Waals surface area (Å²) in [6, 6.07) is 13.0. The summed E-state index contributed by atoms with van der Waals surface area (Å²) < 4.78 is 6.62. The lowest BCUT2D eigenvalue weighted by Gasteiger charge is -2.09. The highest BCUT2D eigenvalue weighted by molar-refractivity contribution is 6.31. The Morgan fingerprint density at radius 1 is 1.17 bits per heavy atom. The predicted octanol–water partition coefficient (Wildman–Crippen LogP) is 4.35. The van der Waals surface area contributed by atoms with Crippen molar-refractivity contribution in [2.24, 2.45) is 0 Å². The van der Waals surface area contributed by atoms with E-state index in [4.69, 9.17) is 16.1 Å². The molecule has 2 aromatic heterocycles. The average molecular weight is 423 g/mol. The van der Waals surface area contributed by atoms with Gasteiger partial charge in [0.1, 0.15) is 11.2 Å². The largest absolute Gasteiger partial charge is 0.348 e. The third kappa shape index (κ3) is 3.97. The first-order valence-electron chi connectivity index (χ1n) is 9.40. The Labute approximate surface area is 177 Å². The zero-order chi connectivity index (χ0) is 21.3. The number of carbonyl (C=O) groups excluding carboxylic acids is 1. The van der Waals surface area contributed by atoms with E-state index in [-0.39, 0.29) is 30.0 Å². The third-order valence-corrected chi connectivity index (χ3v) is 5.06. The van der Waals surface area contributed by atoms with Crippen LogP contribution in [0.1, 0.15) is 17.5 Å². The lowest BCUT2D eigenvalue weighted by molar-refractivity contribution is -0.116. The number of nitrogens with one attached hydrogen (secondary N) is 1. The minimum absolute atomic E-state index is 0.0687. The summed E-state index contributed by atoms with van der Waals surface area (Å²) in [5.74, 6) is -0.231. The topological polar surface area (TPSA) is 90.0 Å². The van der Waals surface area contributed by atoms with Gasteiger partial charge in [0.2, 0.25) is 5.91 Å². The molecule has 30 heavy (non-hydrogen) atoms. The van der Waals surface area contributed by atoms with Gasteiger partial charge in [0.15, 0.2) is 0 Å². The maximum atomic E-state index is 12.7. The van der Waals surface area contributed by atoms with Crippen LogP contribution in [0.3, 0.4) is 0 Å². The molecule has 8 heteroatoms. The van der Waals surface area contributed by atoms with Crippen LogP contribution in [-0.2, 0) is 11.3 Å². The quantitative estimate of drug-likeness (QED) is 0.516. The first-order valence-corrected chi connectivity index (χ1v) is 9.78. The fraction of sp³-hybridized carbons (Fsp3) is 0.182. The molecule has 0 saturated heterocycles. The van der Waals surface area contributed by atoms with E-state index in [9.17, 15) is 9.59 Å². The first kappa shape index (κ1) is 19.8. The summed E-state index contributed by atoms with van der Waals surface area (Å²) in [6.45, 7) is 4.03. The molecule has 0 aliphatic heterocycles. The number of anilines is 1. The molecule has 0 saturated carbocycles. The van der Waals surface area contributed by atoms with Crippen LogP contribution in [0, 0.1) is 13.8 Å². The second kappa shape index (κ2) is 8.12. The number of rotatable bonds is 5. The van der Waals surface area contributed by atoms with Crippen LogP contribution in [0.5, 0.6) is 0 Å². The number of aryl methyl sites for hydroxylation is 3. The van der Waals surface area contributed by atoms with Gasteiger partial charge in [-0.1, -0.05) is 52.7 Å². The van der Waals surface area contributed by atoms with Crippen molar-refractivity contribution in [3.8, 4) is 11.3 Å². The maximum absolute atomic E-state index is 12.7. The molecule has 4 aromatic rings. The van der Waals surface area contributed by atoms with E-state index < -0.39 is 0 Å². The Morgan fingerprint density at radius 2 is 1.93 bits per heavy atom. The fourth-order valence-electron chi connectivity index (χ4n) is 3.08. The molecule has 1 N–H and O–H groups in total. The molecule has 2 aromatic carbocycles. The van der Waals surface area contributed by atoms with Crippen molar-refractivity contribution in [3.63, 3.8) is 0 Å². The van der Waals surface area contributed by atoms with Gasteiger partial charge >= 0.3 is 0 Å². The number of fused-ring (bicyclic) bond motifs is 1. The van der Waals surface area contributed by atoms with E-state index in [1.807, 2.05) is 44.2 Å². The van der Waals surface area contributed by atoms with Crippen LogP contribution in [-0.4, -0.2) is 20.6 Å². The Balaban J connectivity index is 1.52. The summed E-state index contributed by atoms with van der Waals surface area (Å²) in [7, 11) is 0. The van der Waals surface area contributed by atoms with E-state index >= 15 is 0 Å². The van der Waals surface area contributed by atoms with Crippen molar-refractivity contribution >= 4 is 34.3 Å². The van der Waals surface area contributed by atoms with Crippen LogP contribution >= 0.6 is 11.6 Å². The van der Waals surface area contributed by atoms with E-state index in [1.165, 1.54) is 10.9 Å². The zero-order valence-electron chi connectivity index (χ0n) is 16.5. The van der Waals surface area contributed by atoms with Gasteiger partial charge in [-0.2, -0.15) is 0 Å². The highest BCUT2D eigenvalue weighted by Gasteiger charge is 2.17. The van der Waals surface area contributed by atoms with Gasteiger partial charge in [-0.3, -0.25) is 14.2 Å². The molecule has 0 atom stereocenters. The van der Waals surface area contributed by atoms with Gasteiger partial charge in [-0.05, 0) is 31.5 Å². The Kier molecular flexibility index (Phi) is 5.37. The first-order chi connectivity index (χ1) is 14.4. The van der Waals surface area contributed by atoms with E-state index in [0.717, 1.165) is 16.7 Å². The number of aromatic nitrogens is 3. The lowest BCUT2D eigenvalue weighted by atomic mass is 10.1. The fourth-order valence-corrected chi connectivity index (χ4v) is 3.25. The van der Waals surface area contributed by atoms with Crippen LogP contribution < -0.4 is 10.9 Å². The van der Waals surface area contributed by atoms with Crippen molar-refractivity contribution in [2.75, 3.05) is 5.32 Å². The van der Waals surface area contributed by atoms with E-state index in [2.05, 4.69) is 15.5 Å². The molecule has 1 amide bonds. The molecular weight excluding hydrogens is 404 g/mol. The van der Waals surface area contributed by atoms with Crippen LogP contribution in [0.2, 0.25) is 5.02 Å². The third-order valence-electron chi connectivity index (χ3n) is 4.83. The van der Waals surface area contributed by atoms with Gasteiger partial charge in [0, 0.05) is 29.2 Å². The molecule has 0 bridgehead atoms. The summed E-state index contributed by atoms with van der Waals surface area (Å²) in [6.07, 6.45) is 1.51. The molecule has 4 rings (SSSR count). The monoisotopic (exact) mass is 422 g/mol. The Bertz CT molecular complexity index is 1290. The highest BCUT2D eigenvalue weighted by Crippen LogP contribution is 2.25. The summed E-state index contributed by atoms with van der Waals surface area (Å²) in [5, 5.41) is 7.38. The number of nitrogens with zero attached hydrogens (tertiary/aromatic N) is 3. The number of hydrogen-bond acceptors (Lipinski definition) is 5. The molecule has 7 nitrogen and oxygen atoms in total. The normalized spacial score (nSPS) is 11.0. The number of halogens is 1. The van der Waals surface area contributed by atoms with Crippen molar-refractivity contribution in [2.45, 2.75) is 26.8 Å². The number of carbonyl (C=O) groups is 1. The average Bonchev–Trinajstić information content (AvgIpc) is 3.16. The number of hydrogen-bond donors (Lipinski definition) is 1. The number of benzene rings is 2. The second-order valence-corrected chi connectivity index (χ2v) is 7.51. The summed E-state index contributed by atoms with van der Waals surface area (Å²) in [5.41, 5.74) is 4.09. The van der Waals surface area contributed by atoms with Crippen LogP contribution in [0.25, 0.3) is 22.4 Å². The summed E-state index contributed by atoms with van der Waals surface area (Å²) in [4.78, 5) is 29.4. The highest BCUT2D eigenvalue weighted by atomic mass is 35.5. The smallest absolute Gasteiger partial charge is 0.299 e. The SMILES string of the molecule is Cc1ccc(-c2noc3c(=O)n(CCC(=O)Nc4cc(Cl)ccc4C)cnc23)cc1. The minimum atomic E-state index is -0.377. The van der Waals surface area contributed by atoms with E-state index in [1.54, 1.807) is 12.1 Å². The van der Waals surface area contributed by atoms with Crippen molar-refractivity contribution < 1.29 is 9.32 Å². The van der Waals surface area contributed by atoms with Gasteiger partial charge in [-0.15, -0.1) is 0 Å². The Morgan fingerprint density at radius 3 is 2.70 bits per heavy atom. The van der Waals surface area contributed by atoms with Crippen molar-refractivity contribution in [3.05, 3.63) is 75.3 Å². The van der Waals surface area contributed by atoms with Gasteiger partial charge < -0.3 is 9.84 Å². The molecule has 0 fully saturated rings. The standard InChI is InChI=1S/C22H19ClN4O3/c1-13-3-6-15(7-4-13)19-20-21(30-26-19)22(29)27(12-24-20)10-9-18(28)25-17-11-16(23)8-5-14(17)2/h3-8,11-12H,9-10H2,1-2H3,(H,25,28). The lowest BCUT2D eigenvalue weighted by Crippen LogP contribution is -2.23. The predicted molar refractivity (Wildman–Crippen MR) is 116 cm³/mol. The van der Waals surface area contributed by atoms with Crippen molar-refractivity contribution in [1.29, 1.82) is 0 Å². The molecule has 0 radical (unpaired) electrons. The van der Waals surface area contributed by atoms with Crippen molar-refractivity contribution in [1.82, 2.24) is 14.7 Å². The maximum Gasteiger partial charge on any atom is 0.299 e. The summed E-state index contributed by atoms with van der Waals surface area (Å²) >= 11 is 5.98. The molecule has 0 unspecified atom stereocenters. The molecule has 0 aliphatic carbocycles. The van der Waals surface area contributed by atoms with Gasteiger partial charge in [0.25, 0.3) is 11.1 Å². The second-order valence-electron chi connectivity index (χ2n) is 7.08. The van der Waals surface area contributed by atoms with Gasteiger partial charge in [0.05, 0.1) is 6.33 Å². The number of amides is 1. The van der Waals surface area contributed by atoms with Crippen LogP contribution in [0.15, 0.2) is 58.1 Å². The van der Waals surface area contributed by atoms with Crippen LogP contribution in [0.4, 0.5) is 5.69 Å².